The molecule has 1 aliphatic rings. The fourth-order valence-electron chi connectivity index (χ4n) is 1.32. The molecule has 1 aliphatic carbocycles. The zero-order valence-electron chi connectivity index (χ0n) is 8.03. The number of carbonyl (C=O) groups is 2. The van der Waals surface area contributed by atoms with Crippen LogP contribution in [-0.4, -0.2) is 29.9 Å². The molecule has 1 saturated carbocycles. The summed E-state index contributed by atoms with van der Waals surface area (Å²) in [4.78, 5) is 27.0. The molecule has 0 saturated heterocycles. The molecule has 0 spiro atoms. The van der Waals surface area contributed by atoms with Crippen molar-refractivity contribution >= 4 is 12.2 Å². The first-order chi connectivity index (χ1) is 6.20. The van der Waals surface area contributed by atoms with E-state index in [0.717, 1.165) is 19.1 Å². The lowest BCUT2D eigenvalue weighted by molar-refractivity contribution is -0.197. The largest absolute Gasteiger partial charge is 0.301 e. The number of amides is 1. The van der Waals surface area contributed by atoms with Gasteiger partial charge in [-0.3, -0.25) is 9.63 Å². The second kappa shape index (κ2) is 4.37. The lowest BCUT2D eigenvalue weighted by Crippen LogP contribution is -2.41. The lowest BCUT2D eigenvalue weighted by atomic mass is 10.2. The maximum atomic E-state index is 11.1. The highest BCUT2D eigenvalue weighted by atomic mass is 16.7. The molecule has 4 nitrogen and oxygen atoms in total. The lowest BCUT2D eigenvalue weighted by Gasteiger charge is -2.25. The molecule has 0 aromatic heterocycles. The van der Waals surface area contributed by atoms with Crippen LogP contribution in [0.25, 0.3) is 0 Å². The number of hydroxylamine groups is 2. The molecule has 1 rings (SSSR count). The van der Waals surface area contributed by atoms with Gasteiger partial charge in [0, 0.05) is 6.92 Å². The number of carbonyl (C=O) groups excluding carboxylic acids is 2. The maximum Gasteiger partial charge on any atom is 0.243 e. The molecule has 1 fully saturated rings. The van der Waals surface area contributed by atoms with E-state index >= 15 is 0 Å². The van der Waals surface area contributed by atoms with Gasteiger partial charge in [-0.05, 0) is 25.7 Å². The number of nitrogens with zero attached hydrogens (tertiary/aromatic N) is 1. The maximum absolute atomic E-state index is 11.1. The Bertz CT molecular complexity index is 201. The van der Waals surface area contributed by atoms with Crippen LogP contribution in [-0.2, 0) is 14.4 Å². The standard InChI is InChI=1S/C9H15NO3/c1-3-13-10(7(2)12)9(6-11)8-4-5-8/h6,8-9H,3-5H2,1-2H3. The summed E-state index contributed by atoms with van der Waals surface area (Å²) >= 11 is 0. The molecule has 0 aliphatic heterocycles. The van der Waals surface area contributed by atoms with Gasteiger partial charge in [-0.25, -0.2) is 5.06 Å². The predicted octanol–water partition coefficient (Wildman–Crippen LogP) is 0.764. The average Bonchev–Trinajstić information content (AvgIpc) is 2.88. The Morgan fingerprint density at radius 1 is 1.69 bits per heavy atom. The SMILES string of the molecule is CCON(C(C)=O)C(C=O)C1CC1. The second-order valence-electron chi connectivity index (χ2n) is 3.23. The Morgan fingerprint density at radius 3 is 2.62 bits per heavy atom. The van der Waals surface area contributed by atoms with Crippen LogP contribution in [0.2, 0.25) is 0 Å². The topological polar surface area (TPSA) is 46.6 Å². The number of hydrogen-bond acceptors (Lipinski definition) is 3. The monoisotopic (exact) mass is 185 g/mol. The molecule has 0 radical (unpaired) electrons. The third kappa shape index (κ3) is 2.52. The summed E-state index contributed by atoms with van der Waals surface area (Å²) in [5.74, 6) is 0.110. The van der Waals surface area contributed by atoms with Crippen LogP contribution in [0, 0.1) is 5.92 Å². The van der Waals surface area contributed by atoms with E-state index in [1.807, 2.05) is 0 Å². The van der Waals surface area contributed by atoms with Crippen molar-refractivity contribution < 1.29 is 14.4 Å². The molecular formula is C9H15NO3. The molecule has 1 amide bonds. The van der Waals surface area contributed by atoms with Crippen molar-refractivity contribution in [2.24, 2.45) is 5.92 Å². The fourth-order valence-corrected chi connectivity index (χ4v) is 1.32. The Hall–Kier alpha value is -0.900. The number of rotatable bonds is 5. The average molecular weight is 185 g/mol. The van der Waals surface area contributed by atoms with E-state index in [1.54, 1.807) is 6.92 Å². The van der Waals surface area contributed by atoms with E-state index in [0.29, 0.717) is 12.5 Å². The molecular weight excluding hydrogens is 170 g/mol. The smallest absolute Gasteiger partial charge is 0.243 e. The molecule has 4 heteroatoms. The van der Waals surface area contributed by atoms with Crippen LogP contribution < -0.4 is 0 Å². The molecule has 0 heterocycles. The van der Waals surface area contributed by atoms with Crippen molar-refractivity contribution in [1.82, 2.24) is 5.06 Å². The number of aldehydes is 1. The van der Waals surface area contributed by atoms with Crippen molar-refractivity contribution in [2.75, 3.05) is 6.61 Å². The Labute approximate surface area is 77.8 Å². The van der Waals surface area contributed by atoms with Crippen LogP contribution in [0.15, 0.2) is 0 Å². The Balaban J connectivity index is 2.58. The third-order valence-electron chi connectivity index (χ3n) is 2.09. The highest BCUT2D eigenvalue weighted by Crippen LogP contribution is 2.34. The van der Waals surface area contributed by atoms with Crippen molar-refractivity contribution in [1.29, 1.82) is 0 Å². The van der Waals surface area contributed by atoms with Crippen LogP contribution >= 0.6 is 0 Å². The summed E-state index contributed by atoms with van der Waals surface area (Å²) in [7, 11) is 0. The highest BCUT2D eigenvalue weighted by molar-refractivity contribution is 5.76. The second-order valence-corrected chi connectivity index (χ2v) is 3.23. The summed E-state index contributed by atoms with van der Waals surface area (Å²) in [5, 5.41) is 1.20. The van der Waals surface area contributed by atoms with Gasteiger partial charge in [-0.1, -0.05) is 0 Å². The highest BCUT2D eigenvalue weighted by Gasteiger charge is 2.37. The van der Waals surface area contributed by atoms with Crippen LogP contribution in [0.3, 0.4) is 0 Å². The third-order valence-corrected chi connectivity index (χ3v) is 2.09. The molecule has 0 N–H and O–H groups in total. The summed E-state index contributed by atoms with van der Waals surface area (Å²) in [5.41, 5.74) is 0. The minimum atomic E-state index is -0.377. The van der Waals surface area contributed by atoms with Gasteiger partial charge >= 0.3 is 0 Å². The van der Waals surface area contributed by atoms with Gasteiger partial charge in [-0.15, -0.1) is 0 Å². The first kappa shape index (κ1) is 10.2. The van der Waals surface area contributed by atoms with Gasteiger partial charge in [0.05, 0.1) is 6.61 Å². The molecule has 1 unspecified atom stereocenters. The minimum Gasteiger partial charge on any atom is -0.301 e. The van der Waals surface area contributed by atoms with Crippen LogP contribution in [0.5, 0.6) is 0 Å². The molecule has 74 valence electrons. The Kier molecular flexibility index (Phi) is 3.42. The summed E-state index contributed by atoms with van der Waals surface area (Å²) in [6.45, 7) is 3.62. The molecule has 0 aromatic carbocycles. The molecule has 1 atom stereocenters. The van der Waals surface area contributed by atoms with E-state index in [4.69, 9.17) is 4.84 Å². The van der Waals surface area contributed by atoms with Crippen molar-refractivity contribution in [3.8, 4) is 0 Å². The van der Waals surface area contributed by atoms with Gasteiger partial charge in [0.2, 0.25) is 5.91 Å². The number of hydrogen-bond donors (Lipinski definition) is 0. The van der Waals surface area contributed by atoms with E-state index in [1.165, 1.54) is 12.0 Å². The van der Waals surface area contributed by atoms with Crippen molar-refractivity contribution in [2.45, 2.75) is 32.7 Å². The van der Waals surface area contributed by atoms with Gasteiger partial charge < -0.3 is 4.79 Å². The fraction of sp³-hybridized carbons (Fsp3) is 0.778. The predicted molar refractivity (Wildman–Crippen MR) is 46.7 cm³/mol. The van der Waals surface area contributed by atoms with Crippen molar-refractivity contribution in [3.05, 3.63) is 0 Å². The van der Waals surface area contributed by atoms with Gasteiger partial charge in [-0.2, -0.15) is 0 Å². The molecule has 13 heavy (non-hydrogen) atoms. The van der Waals surface area contributed by atoms with Gasteiger partial charge in [0.15, 0.2) is 0 Å². The van der Waals surface area contributed by atoms with E-state index < -0.39 is 0 Å². The Morgan fingerprint density at radius 2 is 2.31 bits per heavy atom. The molecule has 0 aromatic rings. The van der Waals surface area contributed by atoms with Crippen LogP contribution in [0.4, 0.5) is 0 Å². The zero-order valence-corrected chi connectivity index (χ0v) is 8.03. The normalized spacial score (nSPS) is 18.0. The van der Waals surface area contributed by atoms with Gasteiger partial charge in [0.25, 0.3) is 0 Å². The summed E-state index contributed by atoms with van der Waals surface area (Å²) in [6, 6.07) is -0.377. The van der Waals surface area contributed by atoms with Gasteiger partial charge in [0.1, 0.15) is 12.3 Å². The van der Waals surface area contributed by atoms with E-state index in [-0.39, 0.29) is 11.9 Å². The van der Waals surface area contributed by atoms with Crippen molar-refractivity contribution in [3.63, 3.8) is 0 Å². The van der Waals surface area contributed by atoms with Crippen LogP contribution in [0.1, 0.15) is 26.7 Å². The first-order valence-corrected chi connectivity index (χ1v) is 4.58. The van der Waals surface area contributed by atoms with E-state index in [2.05, 4.69) is 0 Å². The van der Waals surface area contributed by atoms with E-state index in [9.17, 15) is 9.59 Å². The molecule has 0 bridgehead atoms. The summed E-state index contributed by atoms with van der Waals surface area (Å²) in [6.07, 6.45) is 2.83. The quantitative estimate of drug-likeness (QED) is 0.469. The minimum absolute atomic E-state index is 0.203. The summed E-state index contributed by atoms with van der Waals surface area (Å²) < 4.78 is 0. The zero-order chi connectivity index (χ0) is 9.84. The first-order valence-electron chi connectivity index (χ1n) is 4.58.